The van der Waals surface area contributed by atoms with Crippen molar-refractivity contribution in [1.82, 2.24) is 0 Å². The summed E-state index contributed by atoms with van der Waals surface area (Å²) in [6.07, 6.45) is 0. The average molecular weight is 410 g/mol. The second kappa shape index (κ2) is 7.87. The first-order chi connectivity index (χ1) is 11.7. The van der Waals surface area contributed by atoms with Crippen molar-refractivity contribution >= 4 is 27.5 Å². The van der Waals surface area contributed by atoms with Gasteiger partial charge in [0.05, 0.1) is 17.3 Å². The number of hydrogen-bond donors (Lipinski definition) is 1. The van der Waals surface area contributed by atoms with Gasteiger partial charge in [-0.2, -0.15) is 0 Å². The van der Waals surface area contributed by atoms with E-state index in [0.717, 1.165) is 5.56 Å². The van der Waals surface area contributed by atoms with Gasteiger partial charge in [-0.25, -0.2) is 4.39 Å². The first-order valence-corrected chi connectivity index (χ1v) is 8.56. The fourth-order valence-electron chi connectivity index (χ4n) is 2.19. The average Bonchev–Trinajstić information content (AvgIpc) is 2.53. The molecule has 0 aliphatic rings. The molecule has 0 aromatic heterocycles. The molecule has 0 saturated carbocycles. The minimum Gasteiger partial charge on any atom is -0.495 e. The molecule has 1 N–H and O–H groups in total. The first-order valence-electron chi connectivity index (χ1n) is 7.77. The SMILES string of the molecule is COc1ccc(C(C)(C)C)cc1NC(=O)COc1ccc(F)cc1Br. The predicted octanol–water partition coefficient (Wildman–Crippen LogP) is 4.91. The van der Waals surface area contributed by atoms with Gasteiger partial charge >= 0.3 is 0 Å². The lowest BCUT2D eigenvalue weighted by atomic mass is 9.87. The summed E-state index contributed by atoms with van der Waals surface area (Å²) in [5, 5.41) is 2.80. The molecular weight excluding hydrogens is 389 g/mol. The first kappa shape index (κ1) is 19.2. The summed E-state index contributed by atoms with van der Waals surface area (Å²) in [6, 6.07) is 9.71. The Morgan fingerprint density at radius 3 is 2.44 bits per heavy atom. The van der Waals surface area contributed by atoms with E-state index >= 15 is 0 Å². The molecule has 0 fully saturated rings. The van der Waals surface area contributed by atoms with E-state index in [1.807, 2.05) is 18.2 Å². The Bertz CT molecular complexity index is 772. The maximum atomic E-state index is 13.1. The van der Waals surface area contributed by atoms with Crippen LogP contribution in [0.1, 0.15) is 26.3 Å². The van der Waals surface area contributed by atoms with Crippen LogP contribution < -0.4 is 14.8 Å². The quantitative estimate of drug-likeness (QED) is 0.762. The molecule has 2 aromatic carbocycles. The molecule has 4 nitrogen and oxygen atoms in total. The summed E-state index contributed by atoms with van der Waals surface area (Å²) in [5.41, 5.74) is 1.61. The number of hydrogen-bond acceptors (Lipinski definition) is 3. The number of amides is 1. The van der Waals surface area contributed by atoms with Crippen molar-refractivity contribution in [1.29, 1.82) is 0 Å². The van der Waals surface area contributed by atoms with Crippen molar-refractivity contribution in [3.8, 4) is 11.5 Å². The lowest BCUT2D eigenvalue weighted by Gasteiger charge is -2.21. The van der Waals surface area contributed by atoms with Crippen LogP contribution in [-0.4, -0.2) is 19.6 Å². The molecule has 1 amide bonds. The Labute approximate surface area is 155 Å². The van der Waals surface area contributed by atoms with Gasteiger partial charge < -0.3 is 14.8 Å². The molecule has 0 aliphatic carbocycles. The molecule has 2 rings (SSSR count). The third-order valence-corrected chi connectivity index (χ3v) is 4.21. The van der Waals surface area contributed by atoms with Gasteiger partial charge in [0.15, 0.2) is 6.61 Å². The number of halogens is 2. The van der Waals surface area contributed by atoms with Crippen LogP contribution in [0.3, 0.4) is 0 Å². The second-order valence-electron chi connectivity index (χ2n) is 6.58. The minimum atomic E-state index is -0.382. The molecule has 0 heterocycles. The molecule has 134 valence electrons. The Kier molecular flexibility index (Phi) is 6.06. The lowest BCUT2D eigenvalue weighted by molar-refractivity contribution is -0.118. The van der Waals surface area contributed by atoms with Crippen molar-refractivity contribution in [2.45, 2.75) is 26.2 Å². The maximum absolute atomic E-state index is 13.1. The van der Waals surface area contributed by atoms with Crippen LogP contribution in [0.15, 0.2) is 40.9 Å². The van der Waals surface area contributed by atoms with Gasteiger partial charge in [-0.15, -0.1) is 0 Å². The van der Waals surface area contributed by atoms with Crippen molar-refractivity contribution in [3.63, 3.8) is 0 Å². The van der Waals surface area contributed by atoms with Crippen molar-refractivity contribution in [2.75, 3.05) is 19.0 Å². The van der Waals surface area contributed by atoms with Crippen LogP contribution in [0.5, 0.6) is 11.5 Å². The van der Waals surface area contributed by atoms with Crippen LogP contribution in [0, 0.1) is 5.82 Å². The van der Waals surface area contributed by atoms with Crippen LogP contribution in [-0.2, 0) is 10.2 Å². The van der Waals surface area contributed by atoms with Crippen LogP contribution in [0.2, 0.25) is 0 Å². The van der Waals surface area contributed by atoms with Gasteiger partial charge in [-0.1, -0.05) is 26.8 Å². The van der Waals surface area contributed by atoms with Crippen molar-refractivity contribution < 1.29 is 18.7 Å². The molecule has 25 heavy (non-hydrogen) atoms. The summed E-state index contributed by atoms with van der Waals surface area (Å²) in [7, 11) is 1.55. The van der Waals surface area contributed by atoms with Gasteiger partial charge in [0, 0.05) is 0 Å². The Hall–Kier alpha value is -2.08. The van der Waals surface area contributed by atoms with Gasteiger partial charge in [-0.3, -0.25) is 4.79 Å². The molecule has 2 aromatic rings. The van der Waals surface area contributed by atoms with E-state index in [9.17, 15) is 9.18 Å². The summed E-state index contributed by atoms with van der Waals surface area (Å²) in [6.45, 7) is 6.08. The molecule has 0 spiro atoms. The number of benzene rings is 2. The van der Waals surface area contributed by atoms with Gasteiger partial charge in [-0.05, 0) is 57.2 Å². The molecule has 0 unspecified atom stereocenters. The summed E-state index contributed by atoms with van der Waals surface area (Å²) in [4.78, 5) is 12.2. The molecule has 0 saturated heterocycles. The smallest absolute Gasteiger partial charge is 0.262 e. The van der Waals surface area contributed by atoms with E-state index in [1.54, 1.807) is 7.11 Å². The van der Waals surface area contributed by atoms with E-state index in [-0.39, 0.29) is 23.7 Å². The zero-order valence-corrected chi connectivity index (χ0v) is 16.2. The molecule has 0 radical (unpaired) electrons. The summed E-state index contributed by atoms with van der Waals surface area (Å²) < 4.78 is 24.3. The number of anilines is 1. The molecule has 0 aliphatic heterocycles. The maximum Gasteiger partial charge on any atom is 0.262 e. The van der Waals surface area contributed by atoms with Crippen molar-refractivity contribution in [3.05, 3.63) is 52.3 Å². The van der Waals surface area contributed by atoms with E-state index < -0.39 is 0 Å². The highest BCUT2D eigenvalue weighted by Crippen LogP contribution is 2.31. The number of methoxy groups -OCH3 is 1. The minimum absolute atomic E-state index is 0.0543. The van der Waals surface area contributed by atoms with E-state index in [2.05, 4.69) is 42.0 Å². The number of nitrogens with one attached hydrogen (secondary N) is 1. The van der Waals surface area contributed by atoms with Gasteiger partial charge in [0.1, 0.15) is 17.3 Å². The van der Waals surface area contributed by atoms with Crippen LogP contribution >= 0.6 is 15.9 Å². The number of ether oxygens (including phenoxy) is 2. The summed E-state index contributed by atoms with van der Waals surface area (Å²) in [5.74, 6) is 0.254. The topological polar surface area (TPSA) is 47.6 Å². The fourth-order valence-corrected chi connectivity index (χ4v) is 2.66. The zero-order valence-electron chi connectivity index (χ0n) is 14.7. The molecule has 0 bridgehead atoms. The predicted molar refractivity (Wildman–Crippen MR) is 99.9 cm³/mol. The highest BCUT2D eigenvalue weighted by molar-refractivity contribution is 9.10. The normalized spacial score (nSPS) is 11.1. The van der Waals surface area contributed by atoms with Gasteiger partial charge in [0.25, 0.3) is 5.91 Å². The Morgan fingerprint density at radius 2 is 1.84 bits per heavy atom. The van der Waals surface area contributed by atoms with Crippen LogP contribution in [0.25, 0.3) is 0 Å². The van der Waals surface area contributed by atoms with E-state index in [1.165, 1.54) is 18.2 Å². The largest absolute Gasteiger partial charge is 0.495 e. The third kappa shape index (κ3) is 5.19. The highest BCUT2D eigenvalue weighted by Gasteiger charge is 2.17. The third-order valence-electron chi connectivity index (χ3n) is 3.59. The fraction of sp³-hybridized carbons (Fsp3) is 0.316. The summed E-state index contributed by atoms with van der Waals surface area (Å²) >= 11 is 3.20. The number of rotatable bonds is 5. The molecule has 0 atom stereocenters. The van der Waals surface area contributed by atoms with Crippen LogP contribution in [0.4, 0.5) is 10.1 Å². The number of carbonyl (C=O) groups is 1. The Morgan fingerprint density at radius 1 is 1.16 bits per heavy atom. The zero-order chi connectivity index (χ0) is 18.6. The molecular formula is C19H21BrFNO3. The standard InChI is InChI=1S/C19H21BrFNO3/c1-19(2,3)12-5-7-17(24-4)15(9-12)22-18(23)11-25-16-8-6-13(21)10-14(16)20/h5-10H,11H2,1-4H3,(H,22,23). The van der Waals surface area contributed by atoms with Gasteiger partial charge in [0.2, 0.25) is 0 Å². The van der Waals surface area contributed by atoms with E-state index in [4.69, 9.17) is 9.47 Å². The number of carbonyl (C=O) groups excluding carboxylic acids is 1. The highest BCUT2D eigenvalue weighted by atomic mass is 79.9. The Balaban J connectivity index is 2.09. The van der Waals surface area contributed by atoms with Crippen molar-refractivity contribution in [2.24, 2.45) is 0 Å². The molecule has 6 heteroatoms. The monoisotopic (exact) mass is 409 g/mol. The second-order valence-corrected chi connectivity index (χ2v) is 7.43. The van der Waals surface area contributed by atoms with E-state index in [0.29, 0.717) is 21.7 Å². The lowest BCUT2D eigenvalue weighted by Crippen LogP contribution is -2.21.